The van der Waals surface area contributed by atoms with E-state index in [1.54, 1.807) is 0 Å². The quantitative estimate of drug-likeness (QED) is 0.766. The number of nitrogens with one attached hydrogen (secondary N) is 1. The van der Waals surface area contributed by atoms with Crippen LogP contribution in [0.1, 0.15) is 18.4 Å². The molecule has 0 atom stereocenters. The second-order valence-electron chi connectivity index (χ2n) is 5.60. The lowest BCUT2D eigenvalue weighted by molar-refractivity contribution is 0.372. The zero-order chi connectivity index (χ0) is 14.5. The fraction of sp³-hybridized carbons (Fsp3) is 0.333. The Morgan fingerprint density at radius 3 is 2.48 bits per heavy atom. The number of ether oxygens (including phenoxy) is 1. The lowest BCUT2D eigenvalue weighted by atomic mass is 9.91. The van der Waals surface area contributed by atoms with Crippen LogP contribution in [0.25, 0.3) is 0 Å². The Bertz CT molecular complexity index is 576. The van der Waals surface area contributed by atoms with Crippen LogP contribution in [-0.2, 0) is 6.42 Å². The lowest BCUT2D eigenvalue weighted by Gasteiger charge is -2.22. The van der Waals surface area contributed by atoms with E-state index >= 15 is 0 Å². The van der Waals surface area contributed by atoms with Crippen molar-refractivity contribution in [3.05, 3.63) is 57.7 Å². The monoisotopic (exact) mass is 393 g/mol. The normalized spacial score (nSPS) is 15.9. The Balaban J connectivity index is 1.61. The predicted molar refractivity (Wildman–Crippen MR) is 95.0 cm³/mol. The summed E-state index contributed by atoms with van der Waals surface area (Å²) >= 11 is 2.30. The molecular formula is C18H20INO. The number of halogens is 1. The molecule has 0 radical (unpaired) electrons. The fourth-order valence-electron chi connectivity index (χ4n) is 2.78. The first-order chi connectivity index (χ1) is 10.3. The summed E-state index contributed by atoms with van der Waals surface area (Å²) in [7, 11) is 0. The average molecular weight is 393 g/mol. The molecule has 1 heterocycles. The highest BCUT2D eigenvalue weighted by Gasteiger charge is 2.13. The minimum Gasteiger partial charge on any atom is -0.457 e. The van der Waals surface area contributed by atoms with E-state index in [1.165, 1.54) is 41.5 Å². The van der Waals surface area contributed by atoms with Gasteiger partial charge in [-0.15, -0.1) is 0 Å². The van der Waals surface area contributed by atoms with Crippen LogP contribution >= 0.6 is 22.6 Å². The standard InChI is InChI=1S/C18H20INO/c19-16-2-1-3-18(13-16)21-17-6-4-14(5-7-17)12-15-8-10-20-11-9-15/h1-7,13,15,20H,8-12H2. The minimum absolute atomic E-state index is 0.828. The SMILES string of the molecule is Ic1cccc(Oc2ccc(CC3CCNCC3)cc2)c1. The molecule has 0 saturated carbocycles. The highest BCUT2D eigenvalue weighted by atomic mass is 127. The van der Waals surface area contributed by atoms with Gasteiger partial charge in [-0.25, -0.2) is 0 Å². The van der Waals surface area contributed by atoms with E-state index in [9.17, 15) is 0 Å². The molecule has 0 unspecified atom stereocenters. The van der Waals surface area contributed by atoms with Crippen LogP contribution in [0, 0.1) is 9.49 Å². The summed E-state index contributed by atoms with van der Waals surface area (Å²) in [5.74, 6) is 2.63. The summed E-state index contributed by atoms with van der Waals surface area (Å²) in [6, 6.07) is 16.7. The number of hydrogen-bond donors (Lipinski definition) is 1. The molecule has 110 valence electrons. The molecule has 0 bridgehead atoms. The number of benzene rings is 2. The molecule has 1 fully saturated rings. The van der Waals surface area contributed by atoms with Crippen LogP contribution in [-0.4, -0.2) is 13.1 Å². The third-order valence-electron chi connectivity index (χ3n) is 3.94. The van der Waals surface area contributed by atoms with E-state index in [2.05, 4.69) is 58.2 Å². The maximum Gasteiger partial charge on any atom is 0.128 e. The molecule has 0 aromatic heterocycles. The first-order valence-corrected chi connectivity index (χ1v) is 8.60. The number of piperidine rings is 1. The molecule has 1 aliphatic rings. The summed E-state index contributed by atoms with van der Waals surface area (Å²) in [6.07, 6.45) is 3.77. The maximum absolute atomic E-state index is 5.89. The lowest BCUT2D eigenvalue weighted by Crippen LogP contribution is -2.28. The fourth-order valence-corrected chi connectivity index (χ4v) is 3.29. The highest BCUT2D eigenvalue weighted by molar-refractivity contribution is 14.1. The molecule has 2 aromatic carbocycles. The van der Waals surface area contributed by atoms with Gasteiger partial charge < -0.3 is 10.1 Å². The van der Waals surface area contributed by atoms with Gasteiger partial charge in [-0.05, 0) is 96.8 Å². The molecule has 3 rings (SSSR count). The van der Waals surface area contributed by atoms with Gasteiger partial charge in [-0.1, -0.05) is 18.2 Å². The van der Waals surface area contributed by atoms with Gasteiger partial charge in [0.1, 0.15) is 11.5 Å². The first kappa shape index (κ1) is 14.9. The Kier molecular flexibility index (Phi) is 5.14. The van der Waals surface area contributed by atoms with Crippen LogP contribution in [0.2, 0.25) is 0 Å². The largest absolute Gasteiger partial charge is 0.457 e. The first-order valence-electron chi connectivity index (χ1n) is 7.53. The zero-order valence-corrected chi connectivity index (χ0v) is 14.2. The van der Waals surface area contributed by atoms with Crippen molar-refractivity contribution in [1.82, 2.24) is 5.32 Å². The summed E-state index contributed by atoms with van der Waals surface area (Å²) in [5.41, 5.74) is 1.41. The van der Waals surface area contributed by atoms with Crippen molar-refractivity contribution in [1.29, 1.82) is 0 Å². The van der Waals surface area contributed by atoms with Crippen LogP contribution < -0.4 is 10.1 Å². The molecular weight excluding hydrogens is 373 g/mol. The van der Waals surface area contributed by atoms with Gasteiger partial charge in [0.25, 0.3) is 0 Å². The van der Waals surface area contributed by atoms with Gasteiger partial charge >= 0.3 is 0 Å². The summed E-state index contributed by atoms with van der Waals surface area (Å²) < 4.78 is 7.08. The zero-order valence-electron chi connectivity index (χ0n) is 12.0. The predicted octanol–water partition coefficient (Wildman–Crippen LogP) is 4.63. The second-order valence-corrected chi connectivity index (χ2v) is 6.85. The van der Waals surface area contributed by atoms with Crippen molar-refractivity contribution < 1.29 is 4.74 Å². The van der Waals surface area contributed by atoms with Crippen molar-refractivity contribution in [3.63, 3.8) is 0 Å². The van der Waals surface area contributed by atoms with Gasteiger partial charge in [0, 0.05) is 3.57 Å². The Labute approximate surface area is 140 Å². The molecule has 0 amide bonds. The van der Waals surface area contributed by atoms with E-state index in [4.69, 9.17) is 4.74 Å². The van der Waals surface area contributed by atoms with Crippen molar-refractivity contribution in [2.45, 2.75) is 19.3 Å². The van der Waals surface area contributed by atoms with Gasteiger partial charge in [-0.3, -0.25) is 0 Å². The number of rotatable bonds is 4. The van der Waals surface area contributed by atoms with Gasteiger partial charge in [-0.2, -0.15) is 0 Å². The van der Waals surface area contributed by atoms with Crippen molar-refractivity contribution in [2.24, 2.45) is 5.92 Å². The van der Waals surface area contributed by atoms with E-state index in [0.29, 0.717) is 0 Å². The third kappa shape index (κ3) is 4.45. The molecule has 1 N–H and O–H groups in total. The summed E-state index contributed by atoms with van der Waals surface area (Å²) in [4.78, 5) is 0. The van der Waals surface area contributed by atoms with Crippen LogP contribution in [0.15, 0.2) is 48.5 Å². The van der Waals surface area contributed by atoms with Gasteiger partial charge in [0.05, 0.1) is 0 Å². The smallest absolute Gasteiger partial charge is 0.128 e. The molecule has 2 nitrogen and oxygen atoms in total. The maximum atomic E-state index is 5.89. The van der Waals surface area contributed by atoms with E-state index in [1.807, 2.05) is 18.2 Å². The van der Waals surface area contributed by atoms with Gasteiger partial charge in [0.2, 0.25) is 0 Å². The van der Waals surface area contributed by atoms with Crippen molar-refractivity contribution >= 4 is 22.6 Å². The number of hydrogen-bond acceptors (Lipinski definition) is 2. The molecule has 2 aromatic rings. The topological polar surface area (TPSA) is 21.3 Å². The van der Waals surface area contributed by atoms with Gasteiger partial charge in [0.15, 0.2) is 0 Å². The Morgan fingerprint density at radius 2 is 1.76 bits per heavy atom. The van der Waals surface area contributed by atoms with Crippen molar-refractivity contribution in [2.75, 3.05) is 13.1 Å². The Hall–Kier alpha value is -1.07. The highest BCUT2D eigenvalue weighted by Crippen LogP contribution is 2.25. The van der Waals surface area contributed by atoms with Crippen LogP contribution in [0.3, 0.4) is 0 Å². The second kappa shape index (κ2) is 7.27. The van der Waals surface area contributed by atoms with E-state index in [-0.39, 0.29) is 0 Å². The third-order valence-corrected chi connectivity index (χ3v) is 4.61. The minimum atomic E-state index is 0.828. The average Bonchev–Trinajstić information content (AvgIpc) is 2.50. The van der Waals surface area contributed by atoms with Crippen molar-refractivity contribution in [3.8, 4) is 11.5 Å². The van der Waals surface area contributed by atoms with E-state index in [0.717, 1.165) is 17.4 Å². The molecule has 1 aliphatic heterocycles. The molecule has 0 aliphatic carbocycles. The van der Waals surface area contributed by atoms with Crippen LogP contribution in [0.5, 0.6) is 11.5 Å². The van der Waals surface area contributed by atoms with E-state index < -0.39 is 0 Å². The molecule has 3 heteroatoms. The van der Waals surface area contributed by atoms with Crippen LogP contribution in [0.4, 0.5) is 0 Å². The molecule has 1 saturated heterocycles. The summed E-state index contributed by atoms with van der Waals surface area (Å²) in [6.45, 7) is 2.33. The Morgan fingerprint density at radius 1 is 1.00 bits per heavy atom. The molecule has 21 heavy (non-hydrogen) atoms. The molecule has 0 spiro atoms. The summed E-state index contributed by atoms with van der Waals surface area (Å²) in [5, 5.41) is 3.42.